The van der Waals surface area contributed by atoms with Crippen LogP contribution in [0.5, 0.6) is 0 Å². The maximum Gasteiger partial charge on any atom is 0.312 e. The zero-order chi connectivity index (χ0) is 18.1. The number of carbonyl (C=O) groups excluding carboxylic acids is 2. The van der Waals surface area contributed by atoms with Gasteiger partial charge in [-0.3, -0.25) is 9.59 Å². The van der Waals surface area contributed by atoms with Gasteiger partial charge in [-0.15, -0.1) is 0 Å². The molecule has 0 saturated heterocycles. The highest BCUT2D eigenvalue weighted by Crippen LogP contribution is 2.30. The molecule has 0 bridgehead atoms. The molecule has 0 aromatic carbocycles. The molecule has 0 heterocycles. The van der Waals surface area contributed by atoms with Crippen molar-refractivity contribution in [3.8, 4) is 0 Å². The molecule has 0 aliphatic rings. The second-order valence-corrected chi connectivity index (χ2v) is 7.14. The van der Waals surface area contributed by atoms with Crippen LogP contribution in [0.2, 0.25) is 0 Å². The minimum atomic E-state index is -0.451. The summed E-state index contributed by atoms with van der Waals surface area (Å²) in [6.45, 7) is 13.9. The summed E-state index contributed by atoms with van der Waals surface area (Å²) >= 11 is 0. The Morgan fingerprint density at radius 1 is 0.870 bits per heavy atom. The molecular weight excluding hydrogens is 292 g/mol. The number of hydrogen-bond acceptors (Lipinski definition) is 4. The molecule has 3 atom stereocenters. The van der Waals surface area contributed by atoms with Gasteiger partial charge in [0.1, 0.15) is 12.7 Å². The Kier molecular flexibility index (Phi) is 9.48. The normalized spacial score (nSPS) is 17.7. The van der Waals surface area contributed by atoms with Gasteiger partial charge in [-0.1, -0.05) is 40.5 Å². The monoisotopic (exact) mass is 328 g/mol. The Balaban J connectivity index is 4.53. The van der Waals surface area contributed by atoms with E-state index in [-0.39, 0.29) is 18.5 Å². The fraction of sp³-hybridized carbons (Fsp3) is 0.895. The predicted octanol–water partition coefficient (Wildman–Crippen LogP) is 4.89. The van der Waals surface area contributed by atoms with Crippen molar-refractivity contribution in [3.63, 3.8) is 0 Å². The van der Waals surface area contributed by atoms with Gasteiger partial charge in [0.05, 0.1) is 10.8 Å². The largest absolute Gasteiger partial charge is 0.461 e. The highest BCUT2D eigenvalue weighted by molar-refractivity contribution is 5.77. The van der Waals surface area contributed by atoms with E-state index in [1.54, 1.807) is 6.92 Å². The molecule has 0 N–H and O–H groups in total. The lowest BCUT2D eigenvalue weighted by atomic mass is 9.83. The summed E-state index contributed by atoms with van der Waals surface area (Å²) in [5.74, 6) is -0.395. The van der Waals surface area contributed by atoms with Gasteiger partial charge in [0.15, 0.2) is 0 Å². The van der Waals surface area contributed by atoms with Crippen molar-refractivity contribution < 1.29 is 19.1 Å². The van der Waals surface area contributed by atoms with Crippen LogP contribution >= 0.6 is 0 Å². The molecule has 0 radical (unpaired) electrons. The van der Waals surface area contributed by atoms with E-state index in [1.807, 2.05) is 27.7 Å². The maximum absolute atomic E-state index is 12.3. The van der Waals surface area contributed by atoms with Gasteiger partial charge in [-0.05, 0) is 46.5 Å². The van der Waals surface area contributed by atoms with Crippen molar-refractivity contribution in [2.45, 2.75) is 93.1 Å². The average Bonchev–Trinajstić information content (AvgIpc) is 2.52. The third-order valence-corrected chi connectivity index (χ3v) is 4.91. The zero-order valence-corrected chi connectivity index (χ0v) is 16.2. The Morgan fingerprint density at radius 3 is 1.70 bits per heavy atom. The fourth-order valence-corrected chi connectivity index (χ4v) is 2.68. The van der Waals surface area contributed by atoms with Gasteiger partial charge < -0.3 is 9.47 Å². The Bertz CT molecular complexity index is 380. The number of carbonyl (C=O) groups is 2. The van der Waals surface area contributed by atoms with Gasteiger partial charge in [0.2, 0.25) is 0 Å². The minimum absolute atomic E-state index is 0.121. The molecule has 0 aromatic rings. The number of ether oxygens (including phenoxy) is 2. The van der Waals surface area contributed by atoms with Crippen LogP contribution in [0.25, 0.3) is 0 Å². The summed E-state index contributed by atoms with van der Waals surface area (Å²) in [7, 11) is 0. The van der Waals surface area contributed by atoms with Crippen molar-refractivity contribution in [3.05, 3.63) is 0 Å². The van der Waals surface area contributed by atoms with Gasteiger partial charge in [0.25, 0.3) is 0 Å². The molecule has 0 aromatic heterocycles. The molecule has 0 fully saturated rings. The van der Waals surface area contributed by atoms with Crippen molar-refractivity contribution >= 4 is 11.9 Å². The van der Waals surface area contributed by atoms with Crippen molar-refractivity contribution in [1.29, 1.82) is 0 Å². The molecule has 0 saturated carbocycles. The minimum Gasteiger partial charge on any atom is -0.461 e. The first-order valence-electron chi connectivity index (χ1n) is 9.07. The third kappa shape index (κ3) is 6.52. The summed E-state index contributed by atoms with van der Waals surface area (Å²) in [4.78, 5) is 24.6. The molecule has 4 nitrogen and oxygen atoms in total. The van der Waals surface area contributed by atoms with Crippen LogP contribution in [0.4, 0.5) is 0 Å². The summed E-state index contributed by atoms with van der Waals surface area (Å²) in [6.07, 6.45) is 4.57. The summed E-state index contributed by atoms with van der Waals surface area (Å²) in [6, 6.07) is 0. The van der Waals surface area contributed by atoms with Gasteiger partial charge in [0, 0.05) is 0 Å². The standard InChI is InChI=1S/C19H36O4/c1-8-12-18(6,10-3)16(20)22-14-15(5)23-17(21)19(7,11-4)13-9-2/h15H,8-14H2,1-7H3. The molecule has 0 aliphatic carbocycles. The number of hydrogen-bond donors (Lipinski definition) is 0. The predicted molar refractivity (Wildman–Crippen MR) is 93.1 cm³/mol. The topological polar surface area (TPSA) is 52.6 Å². The van der Waals surface area contributed by atoms with E-state index < -0.39 is 16.9 Å². The van der Waals surface area contributed by atoms with Crippen LogP contribution in [0.1, 0.15) is 87.0 Å². The first-order chi connectivity index (χ1) is 10.7. The third-order valence-electron chi connectivity index (χ3n) is 4.91. The van der Waals surface area contributed by atoms with Crippen LogP contribution in [-0.2, 0) is 19.1 Å². The second-order valence-electron chi connectivity index (χ2n) is 7.14. The highest BCUT2D eigenvalue weighted by Gasteiger charge is 2.34. The first-order valence-corrected chi connectivity index (χ1v) is 9.07. The fourth-order valence-electron chi connectivity index (χ4n) is 2.68. The lowest BCUT2D eigenvalue weighted by molar-refractivity contribution is -0.170. The van der Waals surface area contributed by atoms with Crippen LogP contribution in [0, 0.1) is 10.8 Å². The zero-order valence-electron chi connectivity index (χ0n) is 16.2. The van der Waals surface area contributed by atoms with Crippen molar-refractivity contribution in [2.75, 3.05) is 6.61 Å². The maximum atomic E-state index is 12.3. The molecule has 0 rings (SSSR count). The Labute approximate surface area is 142 Å². The van der Waals surface area contributed by atoms with E-state index in [0.29, 0.717) is 0 Å². The summed E-state index contributed by atoms with van der Waals surface area (Å²) < 4.78 is 10.9. The molecule has 23 heavy (non-hydrogen) atoms. The Hall–Kier alpha value is -1.06. The second kappa shape index (κ2) is 9.94. The molecule has 0 spiro atoms. The van der Waals surface area contributed by atoms with Crippen LogP contribution in [-0.4, -0.2) is 24.6 Å². The molecular formula is C19H36O4. The molecule has 3 unspecified atom stereocenters. The van der Waals surface area contributed by atoms with E-state index in [9.17, 15) is 9.59 Å². The lowest BCUT2D eigenvalue weighted by Gasteiger charge is -2.28. The highest BCUT2D eigenvalue weighted by atomic mass is 16.6. The number of rotatable bonds is 11. The summed E-state index contributed by atoms with van der Waals surface area (Å²) in [5, 5.41) is 0. The molecule has 0 amide bonds. The molecule has 0 aliphatic heterocycles. The van der Waals surface area contributed by atoms with E-state index in [4.69, 9.17) is 9.47 Å². The van der Waals surface area contributed by atoms with Gasteiger partial charge in [-0.25, -0.2) is 0 Å². The smallest absolute Gasteiger partial charge is 0.312 e. The average molecular weight is 328 g/mol. The van der Waals surface area contributed by atoms with Crippen molar-refractivity contribution in [1.82, 2.24) is 0 Å². The lowest BCUT2D eigenvalue weighted by Crippen LogP contribution is -2.35. The summed E-state index contributed by atoms with van der Waals surface area (Å²) in [5.41, 5.74) is -0.897. The van der Waals surface area contributed by atoms with E-state index in [2.05, 4.69) is 13.8 Å². The SMILES string of the molecule is CCCC(C)(CC)C(=O)OCC(C)OC(=O)C(C)(CC)CCC. The van der Waals surface area contributed by atoms with Crippen LogP contribution in [0.3, 0.4) is 0 Å². The van der Waals surface area contributed by atoms with E-state index >= 15 is 0 Å². The van der Waals surface area contributed by atoms with Crippen molar-refractivity contribution in [2.24, 2.45) is 10.8 Å². The molecule has 136 valence electrons. The Morgan fingerprint density at radius 2 is 1.30 bits per heavy atom. The van der Waals surface area contributed by atoms with E-state index in [0.717, 1.165) is 38.5 Å². The first kappa shape index (κ1) is 21.9. The molecule has 4 heteroatoms. The number of esters is 2. The quantitative estimate of drug-likeness (QED) is 0.506. The van der Waals surface area contributed by atoms with Crippen LogP contribution in [0.15, 0.2) is 0 Å². The van der Waals surface area contributed by atoms with Gasteiger partial charge in [-0.2, -0.15) is 0 Å². The van der Waals surface area contributed by atoms with E-state index in [1.165, 1.54) is 0 Å². The van der Waals surface area contributed by atoms with Gasteiger partial charge >= 0.3 is 11.9 Å². The van der Waals surface area contributed by atoms with Crippen LogP contribution < -0.4 is 0 Å².